The van der Waals surface area contributed by atoms with Crippen LogP contribution in [0.15, 0.2) is 48.8 Å². The number of nitrogens with zero attached hydrogens (tertiary/aromatic N) is 2. The van der Waals surface area contributed by atoms with Crippen molar-refractivity contribution >= 4 is 11.4 Å². The molecule has 0 unspecified atom stereocenters. The monoisotopic (exact) mass is 243 g/mol. The van der Waals surface area contributed by atoms with E-state index in [0.717, 1.165) is 18.0 Å². The Hall–Kier alpha value is -2.23. The number of benzene rings is 1. The fraction of sp³-hybridized carbons (Fsp3) is 0.214. The zero-order chi connectivity index (χ0) is 12.8. The molecule has 0 spiro atoms. The molecule has 0 fully saturated rings. The Kier molecular flexibility index (Phi) is 4.02. The molecule has 0 aliphatic carbocycles. The summed E-state index contributed by atoms with van der Waals surface area (Å²) in [6.07, 6.45) is 3.39. The molecule has 1 heterocycles. The van der Waals surface area contributed by atoms with Gasteiger partial charge < -0.3 is 15.4 Å². The number of pyridine rings is 1. The molecule has 0 saturated heterocycles. The molecule has 94 valence electrons. The van der Waals surface area contributed by atoms with E-state index in [1.165, 1.54) is 0 Å². The third-order valence-corrected chi connectivity index (χ3v) is 2.68. The summed E-state index contributed by atoms with van der Waals surface area (Å²) >= 11 is 0. The SMILES string of the molecule is CN(CCOc1ccccc1)c1ccncc1N. The highest BCUT2D eigenvalue weighted by atomic mass is 16.5. The molecule has 1 aromatic heterocycles. The summed E-state index contributed by atoms with van der Waals surface area (Å²) in [6, 6.07) is 11.7. The van der Waals surface area contributed by atoms with E-state index in [1.54, 1.807) is 12.4 Å². The van der Waals surface area contributed by atoms with Gasteiger partial charge in [-0.1, -0.05) is 18.2 Å². The molecule has 0 aliphatic rings. The first-order chi connectivity index (χ1) is 8.77. The average molecular weight is 243 g/mol. The molecule has 1 aromatic carbocycles. The smallest absolute Gasteiger partial charge is 0.119 e. The molecule has 0 amide bonds. The van der Waals surface area contributed by atoms with Crippen LogP contribution in [0.25, 0.3) is 0 Å². The van der Waals surface area contributed by atoms with Crippen LogP contribution in [0, 0.1) is 0 Å². The quantitative estimate of drug-likeness (QED) is 0.874. The zero-order valence-electron chi connectivity index (χ0n) is 10.4. The lowest BCUT2D eigenvalue weighted by Crippen LogP contribution is -2.24. The standard InChI is InChI=1S/C14H17N3O/c1-17(14-7-8-16-11-13(14)15)9-10-18-12-5-3-2-4-6-12/h2-8,11H,9-10,15H2,1H3. The first-order valence-corrected chi connectivity index (χ1v) is 5.86. The number of rotatable bonds is 5. The van der Waals surface area contributed by atoms with E-state index in [9.17, 15) is 0 Å². The van der Waals surface area contributed by atoms with Crippen molar-refractivity contribution < 1.29 is 4.74 Å². The maximum atomic E-state index is 5.86. The molecule has 0 aliphatic heterocycles. The highest BCUT2D eigenvalue weighted by Gasteiger charge is 2.04. The molecular weight excluding hydrogens is 226 g/mol. The van der Waals surface area contributed by atoms with Crippen molar-refractivity contribution in [1.82, 2.24) is 4.98 Å². The normalized spacial score (nSPS) is 10.1. The Morgan fingerprint density at radius 2 is 2.00 bits per heavy atom. The van der Waals surface area contributed by atoms with Gasteiger partial charge in [-0.3, -0.25) is 4.98 Å². The Morgan fingerprint density at radius 3 is 2.72 bits per heavy atom. The second-order valence-electron chi connectivity index (χ2n) is 4.02. The number of para-hydroxylation sites is 1. The number of hydrogen-bond acceptors (Lipinski definition) is 4. The summed E-state index contributed by atoms with van der Waals surface area (Å²) < 4.78 is 5.64. The van der Waals surface area contributed by atoms with Crippen molar-refractivity contribution in [3.05, 3.63) is 48.8 Å². The lowest BCUT2D eigenvalue weighted by molar-refractivity contribution is 0.326. The minimum Gasteiger partial charge on any atom is -0.492 e. The number of hydrogen-bond donors (Lipinski definition) is 1. The van der Waals surface area contributed by atoms with Crippen LogP contribution in [0.2, 0.25) is 0 Å². The van der Waals surface area contributed by atoms with Gasteiger partial charge in [-0.15, -0.1) is 0 Å². The van der Waals surface area contributed by atoms with Crippen LogP contribution >= 0.6 is 0 Å². The molecule has 4 nitrogen and oxygen atoms in total. The summed E-state index contributed by atoms with van der Waals surface area (Å²) in [5, 5.41) is 0. The minimum atomic E-state index is 0.613. The van der Waals surface area contributed by atoms with Gasteiger partial charge in [-0.2, -0.15) is 0 Å². The summed E-state index contributed by atoms with van der Waals surface area (Å²) in [7, 11) is 1.99. The van der Waals surface area contributed by atoms with Crippen molar-refractivity contribution in [2.24, 2.45) is 0 Å². The second-order valence-corrected chi connectivity index (χ2v) is 4.02. The summed E-state index contributed by atoms with van der Waals surface area (Å²) in [4.78, 5) is 6.03. The molecule has 2 N–H and O–H groups in total. The molecule has 0 bridgehead atoms. The first kappa shape index (κ1) is 12.2. The number of nitrogens with two attached hydrogens (primary N) is 1. The van der Waals surface area contributed by atoms with Crippen molar-refractivity contribution in [2.45, 2.75) is 0 Å². The van der Waals surface area contributed by atoms with Gasteiger partial charge in [-0.05, 0) is 18.2 Å². The van der Waals surface area contributed by atoms with Gasteiger partial charge in [0.05, 0.1) is 24.1 Å². The number of aromatic nitrogens is 1. The van der Waals surface area contributed by atoms with Gasteiger partial charge in [0.15, 0.2) is 0 Å². The minimum absolute atomic E-state index is 0.613. The van der Waals surface area contributed by atoms with Crippen LogP contribution in [-0.4, -0.2) is 25.2 Å². The van der Waals surface area contributed by atoms with Crippen LogP contribution < -0.4 is 15.4 Å². The maximum Gasteiger partial charge on any atom is 0.119 e. The molecule has 0 atom stereocenters. The van der Waals surface area contributed by atoms with Crippen LogP contribution in [0.5, 0.6) is 5.75 Å². The largest absolute Gasteiger partial charge is 0.492 e. The zero-order valence-corrected chi connectivity index (χ0v) is 10.4. The highest BCUT2D eigenvalue weighted by molar-refractivity contribution is 5.65. The van der Waals surface area contributed by atoms with E-state index in [-0.39, 0.29) is 0 Å². The molecule has 0 radical (unpaired) electrons. The predicted molar refractivity (Wildman–Crippen MR) is 73.9 cm³/mol. The lowest BCUT2D eigenvalue weighted by Gasteiger charge is -2.20. The van der Waals surface area contributed by atoms with Gasteiger partial charge >= 0.3 is 0 Å². The van der Waals surface area contributed by atoms with E-state index in [1.807, 2.05) is 43.4 Å². The predicted octanol–water partition coefficient (Wildman–Crippen LogP) is 2.18. The van der Waals surface area contributed by atoms with Crippen LogP contribution in [0.1, 0.15) is 0 Å². The van der Waals surface area contributed by atoms with Gasteiger partial charge in [-0.25, -0.2) is 0 Å². The molecule has 4 heteroatoms. The van der Waals surface area contributed by atoms with Crippen LogP contribution in [0.3, 0.4) is 0 Å². The van der Waals surface area contributed by atoms with E-state index in [2.05, 4.69) is 9.88 Å². The summed E-state index contributed by atoms with van der Waals surface area (Å²) in [6.45, 7) is 1.38. The van der Waals surface area contributed by atoms with E-state index >= 15 is 0 Å². The number of likely N-dealkylation sites (N-methyl/N-ethyl adjacent to an activating group) is 1. The number of anilines is 2. The third-order valence-electron chi connectivity index (χ3n) is 2.68. The highest BCUT2D eigenvalue weighted by Crippen LogP contribution is 2.19. The number of nitrogen functional groups attached to an aromatic ring is 1. The summed E-state index contributed by atoms with van der Waals surface area (Å²) in [5.41, 5.74) is 7.51. The number of ether oxygens (including phenoxy) is 1. The van der Waals surface area contributed by atoms with Gasteiger partial charge in [0.25, 0.3) is 0 Å². The Bertz CT molecular complexity index is 487. The van der Waals surface area contributed by atoms with Crippen molar-refractivity contribution in [2.75, 3.05) is 30.8 Å². The third kappa shape index (κ3) is 3.13. The summed E-state index contributed by atoms with van der Waals surface area (Å²) in [5.74, 6) is 0.883. The molecule has 0 saturated carbocycles. The fourth-order valence-corrected chi connectivity index (χ4v) is 1.68. The molecule has 2 rings (SSSR count). The van der Waals surface area contributed by atoms with Crippen molar-refractivity contribution in [1.29, 1.82) is 0 Å². The Morgan fingerprint density at radius 1 is 1.22 bits per heavy atom. The molecule has 18 heavy (non-hydrogen) atoms. The van der Waals surface area contributed by atoms with E-state index in [4.69, 9.17) is 10.5 Å². The van der Waals surface area contributed by atoms with Crippen LogP contribution in [-0.2, 0) is 0 Å². The first-order valence-electron chi connectivity index (χ1n) is 5.86. The van der Waals surface area contributed by atoms with Gasteiger partial charge in [0.1, 0.15) is 12.4 Å². The lowest BCUT2D eigenvalue weighted by atomic mass is 10.3. The Balaban J connectivity index is 1.86. The van der Waals surface area contributed by atoms with Crippen LogP contribution in [0.4, 0.5) is 11.4 Å². The molecular formula is C14H17N3O. The van der Waals surface area contributed by atoms with Gasteiger partial charge in [0, 0.05) is 13.2 Å². The topological polar surface area (TPSA) is 51.4 Å². The Labute approximate surface area is 107 Å². The van der Waals surface area contributed by atoms with E-state index in [0.29, 0.717) is 12.3 Å². The van der Waals surface area contributed by atoms with Crippen molar-refractivity contribution in [3.8, 4) is 5.75 Å². The van der Waals surface area contributed by atoms with Gasteiger partial charge in [0.2, 0.25) is 0 Å². The second kappa shape index (κ2) is 5.91. The van der Waals surface area contributed by atoms with E-state index < -0.39 is 0 Å². The maximum absolute atomic E-state index is 5.86. The average Bonchev–Trinajstić information content (AvgIpc) is 2.40. The fourth-order valence-electron chi connectivity index (χ4n) is 1.68. The van der Waals surface area contributed by atoms with Crippen molar-refractivity contribution in [3.63, 3.8) is 0 Å². The molecule has 2 aromatic rings.